The molecule has 0 atom stereocenters. The van der Waals surface area contributed by atoms with Gasteiger partial charge in [0.1, 0.15) is 6.33 Å². The molecule has 17 heavy (non-hydrogen) atoms. The Balaban J connectivity index is 1.78. The highest BCUT2D eigenvalue weighted by molar-refractivity contribution is 7.99. The van der Waals surface area contributed by atoms with Crippen LogP contribution in [0.4, 0.5) is 0 Å². The number of nitrogens with one attached hydrogen (secondary N) is 1. The van der Waals surface area contributed by atoms with E-state index in [1.807, 2.05) is 11.9 Å². The molecule has 0 aromatic carbocycles. The van der Waals surface area contributed by atoms with Crippen LogP contribution in [0.15, 0.2) is 11.5 Å². The number of hydrogen-bond acceptors (Lipinski definition) is 4. The number of H-pyrrole nitrogens is 1. The second-order valence-electron chi connectivity index (χ2n) is 4.38. The summed E-state index contributed by atoms with van der Waals surface area (Å²) in [7, 11) is 1.92. The summed E-state index contributed by atoms with van der Waals surface area (Å²) in [4.78, 5) is 17.9. The zero-order valence-corrected chi connectivity index (χ0v) is 10.9. The number of nitrogens with zero attached hydrogens (tertiary/aromatic N) is 3. The van der Waals surface area contributed by atoms with Gasteiger partial charge < -0.3 is 4.90 Å². The minimum atomic E-state index is 0.179. The second-order valence-corrected chi connectivity index (χ2v) is 5.34. The fourth-order valence-corrected chi connectivity index (χ4v) is 2.87. The summed E-state index contributed by atoms with van der Waals surface area (Å²) in [5.41, 5.74) is 0. The standard InChI is InChI=1S/C11H18N4OS/c1-15(9-5-3-2-4-6-9)10(16)7-17-11-12-8-13-14-11/h8-9H,2-7H2,1H3,(H,12,13,14). The summed E-state index contributed by atoms with van der Waals surface area (Å²) in [6.45, 7) is 0. The van der Waals surface area contributed by atoms with E-state index in [0.717, 1.165) is 12.8 Å². The molecule has 0 bridgehead atoms. The topological polar surface area (TPSA) is 61.9 Å². The number of hydrogen-bond donors (Lipinski definition) is 1. The largest absolute Gasteiger partial charge is 0.342 e. The Bertz CT molecular complexity index is 348. The molecule has 0 saturated heterocycles. The summed E-state index contributed by atoms with van der Waals surface area (Å²) in [5, 5.41) is 7.20. The van der Waals surface area contributed by atoms with E-state index in [1.165, 1.54) is 37.4 Å². The van der Waals surface area contributed by atoms with Gasteiger partial charge in [0.05, 0.1) is 5.75 Å². The monoisotopic (exact) mass is 254 g/mol. The molecule has 5 nitrogen and oxygen atoms in total. The van der Waals surface area contributed by atoms with Gasteiger partial charge in [-0.15, -0.1) is 0 Å². The highest BCUT2D eigenvalue weighted by Crippen LogP contribution is 2.22. The molecule has 1 saturated carbocycles. The Hall–Kier alpha value is -1.04. The van der Waals surface area contributed by atoms with Gasteiger partial charge in [-0.3, -0.25) is 9.89 Å². The second kappa shape index (κ2) is 6.05. The van der Waals surface area contributed by atoms with E-state index >= 15 is 0 Å². The predicted octanol–water partition coefficient (Wildman–Crippen LogP) is 1.69. The first-order valence-electron chi connectivity index (χ1n) is 6.01. The lowest BCUT2D eigenvalue weighted by Gasteiger charge is -2.31. The number of aromatic amines is 1. The van der Waals surface area contributed by atoms with Gasteiger partial charge in [-0.05, 0) is 12.8 Å². The summed E-state index contributed by atoms with van der Waals surface area (Å²) in [6.07, 6.45) is 7.56. The van der Waals surface area contributed by atoms with Crippen molar-refractivity contribution >= 4 is 17.7 Å². The maximum atomic E-state index is 12.0. The zero-order chi connectivity index (χ0) is 12.1. The lowest BCUT2D eigenvalue weighted by molar-refractivity contribution is -0.129. The van der Waals surface area contributed by atoms with Crippen LogP contribution >= 0.6 is 11.8 Å². The zero-order valence-electron chi connectivity index (χ0n) is 10.1. The van der Waals surface area contributed by atoms with Crippen molar-refractivity contribution in [2.24, 2.45) is 0 Å². The molecule has 94 valence electrons. The maximum Gasteiger partial charge on any atom is 0.233 e. The molecule has 0 aliphatic heterocycles. The van der Waals surface area contributed by atoms with Crippen LogP contribution in [0, 0.1) is 0 Å². The number of amides is 1. The van der Waals surface area contributed by atoms with Gasteiger partial charge >= 0.3 is 0 Å². The van der Waals surface area contributed by atoms with E-state index in [1.54, 1.807) is 0 Å². The molecule has 1 aliphatic rings. The molecule has 1 aromatic rings. The van der Waals surface area contributed by atoms with Gasteiger partial charge in [0, 0.05) is 13.1 Å². The third-order valence-electron chi connectivity index (χ3n) is 3.24. The third kappa shape index (κ3) is 3.46. The van der Waals surface area contributed by atoms with Crippen LogP contribution in [0.5, 0.6) is 0 Å². The number of carbonyl (C=O) groups excluding carboxylic acids is 1. The Kier molecular flexibility index (Phi) is 4.42. The minimum absolute atomic E-state index is 0.179. The molecule has 2 rings (SSSR count). The molecule has 0 spiro atoms. The van der Waals surface area contributed by atoms with Crippen LogP contribution in [-0.4, -0.2) is 44.8 Å². The van der Waals surface area contributed by atoms with Crippen LogP contribution in [0.25, 0.3) is 0 Å². The number of carbonyl (C=O) groups is 1. The molecule has 0 radical (unpaired) electrons. The fourth-order valence-electron chi connectivity index (χ4n) is 2.17. The average molecular weight is 254 g/mol. The fraction of sp³-hybridized carbons (Fsp3) is 0.727. The normalized spacial score (nSPS) is 17.0. The molecule has 0 unspecified atom stereocenters. The van der Waals surface area contributed by atoms with Crippen LogP contribution < -0.4 is 0 Å². The minimum Gasteiger partial charge on any atom is -0.342 e. The number of rotatable bonds is 4. The molecule has 6 heteroatoms. The number of aromatic nitrogens is 3. The van der Waals surface area contributed by atoms with Gasteiger partial charge in [-0.2, -0.15) is 5.10 Å². The molecular formula is C11H18N4OS. The first kappa shape index (κ1) is 12.4. The van der Waals surface area contributed by atoms with E-state index in [0.29, 0.717) is 17.0 Å². The van der Waals surface area contributed by atoms with E-state index in [-0.39, 0.29) is 5.91 Å². The van der Waals surface area contributed by atoms with Crippen LogP contribution in [0.2, 0.25) is 0 Å². The molecule has 1 amide bonds. The predicted molar refractivity (Wildman–Crippen MR) is 66.7 cm³/mol. The van der Waals surface area contributed by atoms with E-state index < -0.39 is 0 Å². The lowest BCUT2D eigenvalue weighted by Crippen LogP contribution is -2.39. The first-order valence-corrected chi connectivity index (χ1v) is 7.00. The molecule has 1 fully saturated rings. The summed E-state index contributed by atoms with van der Waals surface area (Å²) in [6, 6.07) is 0.437. The van der Waals surface area contributed by atoms with Crippen molar-refractivity contribution in [1.82, 2.24) is 20.1 Å². The van der Waals surface area contributed by atoms with E-state index in [9.17, 15) is 4.79 Å². The smallest absolute Gasteiger partial charge is 0.233 e. The third-order valence-corrected chi connectivity index (χ3v) is 4.10. The molecular weight excluding hydrogens is 236 g/mol. The van der Waals surface area contributed by atoms with Gasteiger partial charge in [-0.25, -0.2) is 4.98 Å². The first-order chi connectivity index (χ1) is 8.27. The van der Waals surface area contributed by atoms with E-state index in [4.69, 9.17) is 0 Å². The van der Waals surface area contributed by atoms with Crippen molar-refractivity contribution in [2.75, 3.05) is 12.8 Å². The van der Waals surface area contributed by atoms with Crippen molar-refractivity contribution in [3.05, 3.63) is 6.33 Å². The highest BCUT2D eigenvalue weighted by atomic mass is 32.2. The van der Waals surface area contributed by atoms with Gasteiger partial charge in [0.15, 0.2) is 5.16 Å². The van der Waals surface area contributed by atoms with Crippen LogP contribution in [-0.2, 0) is 4.79 Å². The van der Waals surface area contributed by atoms with Crippen molar-refractivity contribution in [3.8, 4) is 0 Å². The summed E-state index contributed by atoms with van der Waals surface area (Å²) >= 11 is 1.41. The van der Waals surface area contributed by atoms with Crippen molar-refractivity contribution in [2.45, 2.75) is 43.3 Å². The summed E-state index contributed by atoms with van der Waals surface area (Å²) < 4.78 is 0. The Morgan fingerprint density at radius 1 is 1.53 bits per heavy atom. The van der Waals surface area contributed by atoms with Crippen LogP contribution in [0.1, 0.15) is 32.1 Å². The quantitative estimate of drug-likeness (QED) is 0.831. The maximum absolute atomic E-state index is 12.0. The highest BCUT2D eigenvalue weighted by Gasteiger charge is 2.21. The van der Waals surface area contributed by atoms with Gasteiger partial charge in [0.2, 0.25) is 5.91 Å². The van der Waals surface area contributed by atoms with Crippen molar-refractivity contribution < 1.29 is 4.79 Å². The Labute approximate surface area is 105 Å². The SMILES string of the molecule is CN(C(=O)CSc1ncn[nH]1)C1CCCCC1. The average Bonchev–Trinajstić information content (AvgIpc) is 2.89. The van der Waals surface area contributed by atoms with E-state index in [2.05, 4.69) is 15.2 Å². The van der Waals surface area contributed by atoms with Crippen LogP contribution in [0.3, 0.4) is 0 Å². The van der Waals surface area contributed by atoms with Gasteiger partial charge in [-0.1, -0.05) is 31.0 Å². The Morgan fingerprint density at radius 2 is 2.29 bits per heavy atom. The number of thioether (sulfide) groups is 1. The van der Waals surface area contributed by atoms with Crippen molar-refractivity contribution in [3.63, 3.8) is 0 Å². The molecule has 1 aromatic heterocycles. The van der Waals surface area contributed by atoms with Crippen molar-refractivity contribution in [1.29, 1.82) is 0 Å². The lowest BCUT2D eigenvalue weighted by atomic mass is 9.94. The van der Waals surface area contributed by atoms with Gasteiger partial charge in [0.25, 0.3) is 0 Å². The Morgan fingerprint density at radius 3 is 2.94 bits per heavy atom. The molecule has 1 N–H and O–H groups in total. The summed E-state index contributed by atoms with van der Waals surface area (Å²) in [5.74, 6) is 0.612. The molecule has 1 aliphatic carbocycles. The molecule has 1 heterocycles.